The highest BCUT2D eigenvalue weighted by atomic mass is 16.5. The molecule has 0 aromatic heterocycles. The molecule has 0 spiro atoms. The summed E-state index contributed by atoms with van der Waals surface area (Å²) >= 11 is 0. The van der Waals surface area contributed by atoms with Crippen molar-refractivity contribution in [3.8, 4) is 11.5 Å². The van der Waals surface area contributed by atoms with Crippen molar-refractivity contribution in [3.05, 3.63) is 131 Å². The molecular weight excluding hydrogens is 506 g/mol. The van der Waals surface area contributed by atoms with Gasteiger partial charge < -0.3 is 20.1 Å². The summed E-state index contributed by atoms with van der Waals surface area (Å²) in [7, 11) is 0. The van der Waals surface area contributed by atoms with Crippen LogP contribution in [-0.2, 0) is 0 Å². The normalized spacial score (nSPS) is 10.5. The maximum atomic E-state index is 12.3. The predicted molar refractivity (Wildman–Crippen MR) is 155 cm³/mol. The number of aromatic hydroxyl groups is 1. The molecule has 0 radical (unpaired) electrons. The molecule has 208 valence electrons. The molecule has 0 heterocycles. The Morgan fingerprint density at radius 2 is 1.00 bits per heavy atom. The van der Waals surface area contributed by atoms with E-state index in [9.17, 15) is 9.59 Å². The summed E-state index contributed by atoms with van der Waals surface area (Å²) < 4.78 is 5.69. The number of hydrogen-bond acceptors (Lipinski definition) is 7. The number of aliphatic hydroxyl groups is 2. The summed E-state index contributed by atoms with van der Waals surface area (Å²) in [5.41, 5.74) is 2.54. The highest BCUT2D eigenvalue weighted by Crippen LogP contribution is 2.16. The van der Waals surface area contributed by atoms with Gasteiger partial charge in [-0.3, -0.25) is 14.5 Å². The number of aliphatic hydroxyl groups excluding tert-OH is 2. The summed E-state index contributed by atoms with van der Waals surface area (Å²) in [6.45, 7) is 2.56. The summed E-state index contributed by atoms with van der Waals surface area (Å²) in [4.78, 5) is 26.2. The van der Waals surface area contributed by atoms with E-state index in [0.717, 1.165) is 18.7 Å². The van der Waals surface area contributed by atoms with Crippen LogP contribution in [-0.4, -0.2) is 71.2 Å². The maximum Gasteiger partial charge on any atom is 0.193 e. The fourth-order valence-corrected chi connectivity index (χ4v) is 3.92. The first-order valence-electron chi connectivity index (χ1n) is 13.2. The molecule has 0 fully saturated rings. The zero-order valence-electron chi connectivity index (χ0n) is 22.4. The number of benzene rings is 4. The first-order chi connectivity index (χ1) is 19.5. The molecule has 4 rings (SSSR count). The number of carbonyl (C=O) groups is 2. The van der Waals surface area contributed by atoms with Gasteiger partial charge in [0.1, 0.15) is 11.5 Å². The number of hydrogen-bond donors (Lipinski definition) is 3. The zero-order chi connectivity index (χ0) is 28.6. The van der Waals surface area contributed by atoms with Crippen LogP contribution in [0.5, 0.6) is 11.5 Å². The number of phenolic OH excluding ortho intramolecular Hbond substituents is 1. The smallest absolute Gasteiger partial charge is 0.193 e. The van der Waals surface area contributed by atoms with Gasteiger partial charge in [-0.15, -0.1) is 0 Å². The van der Waals surface area contributed by atoms with Crippen LogP contribution in [0.2, 0.25) is 0 Å². The second-order valence-electron chi connectivity index (χ2n) is 8.95. The van der Waals surface area contributed by atoms with Gasteiger partial charge in [-0.25, -0.2) is 0 Å². The lowest BCUT2D eigenvalue weighted by molar-refractivity contribution is 0.103. The third-order valence-electron chi connectivity index (χ3n) is 6.04. The Hall–Kier alpha value is -4.30. The third-order valence-corrected chi connectivity index (χ3v) is 6.04. The first kappa shape index (κ1) is 30.2. The monoisotopic (exact) mass is 541 g/mol. The van der Waals surface area contributed by atoms with Gasteiger partial charge in [-0.05, 0) is 55.0 Å². The van der Waals surface area contributed by atoms with Crippen molar-refractivity contribution in [2.24, 2.45) is 0 Å². The topological polar surface area (TPSA) is 107 Å². The molecule has 0 aliphatic carbocycles. The van der Waals surface area contributed by atoms with Gasteiger partial charge in [0.25, 0.3) is 0 Å². The molecule has 0 amide bonds. The van der Waals surface area contributed by atoms with Crippen LogP contribution in [0.15, 0.2) is 109 Å². The molecule has 0 saturated carbocycles. The number of ether oxygens (including phenoxy) is 1. The van der Waals surface area contributed by atoms with Gasteiger partial charge in [0.15, 0.2) is 11.6 Å². The van der Waals surface area contributed by atoms with Crippen molar-refractivity contribution < 1.29 is 29.6 Å². The molecule has 0 bridgehead atoms. The van der Waals surface area contributed by atoms with E-state index in [1.807, 2.05) is 41.3 Å². The van der Waals surface area contributed by atoms with Gasteiger partial charge in [-0.2, -0.15) is 0 Å². The largest absolute Gasteiger partial charge is 0.508 e. The van der Waals surface area contributed by atoms with Gasteiger partial charge >= 0.3 is 0 Å². The zero-order valence-corrected chi connectivity index (χ0v) is 22.4. The van der Waals surface area contributed by atoms with Crippen LogP contribution in [0.1, 0.15) is 38.3 Å². The van der Waals surface area contributed by atoms with E-state index >= 15 is 0 Å². The SMILES string of the molecule is O=C(c1ccccc1)c1ccc(O)cc1.O=C(c1ccccc1)c1ccc(OCCCN(CCO)CCO)cc1. The number of rotatable bonds is 13. The molecule has 7 nitrogen and oxygen atoms in total. The highest BCUT2D eigenvalue weighted by Gasteiger charge is 2.09. The maximum absolute atomic E-state index is 12.3. The number of carbonyl (C=O) groups excluding carboxylic acids is 2. The van der Waals surface area contributed by atoms with Gasteiger partial charge in [0.05, 0.1) is 19.8 Å². The minimum absolute atomic E-state index is 0.00389. The van der Waals surface area contributed by atoms with E-state index < -0.39 is 0 Å². The molecule has 0 aliphatic heterocycles. The number of phenols is 1. The molecule has 0 saturated heterocycles. The molecule has 3 N–H and O–H groups in total. The van der Waals surface area contributed by atoms with Crippen molar-refractivity contribution in [2.75, 3.05) is 39.5 Å². The Morgan fingerprint density at radius 1 is 0.575 bits per heavy atom. The predicted octanol–water partition coefficient (Wildman–Crippen LogP) is 4.60. The first-order valence-corrected chi connectivity index (χ1v) is 13.2. The quantitative estimate of drug-likeness (QED) is 0.168. The summed E-state index contributed by atoms with van der Waals surface area (Å²) in [6.07, 6.45) is 0.796. The van der Waals surface area contributed by atoms with Gasteiger partial charge in [0, 0.05) is 41.9 Å². The fraction of sp³-hybridized carbons (Fsp3) is 0.212. The van der Waals surface area contributed by atoms with Crippen molar-refractivity contribution in [1.82, 2.24) is 4.90 Å². The lowest BCUT2D eigenvalue weighted by Gasteiger charge is -2.19. The van der Waals surface area contributed by atoms with Gasteiger partial charge in [0.2, 0.25) is 0 Å². The Kier molecular flexibility index (Phi) is 12.6. The minimum Gasteiger partial charge on any atom is -0.508 e. The molecular formula is C33H35NO6. The van der Waals surface area contributed by atoms with Crippen LogP contribution >= 0.6 is 0 Å². The van der Waals surface area contributed by atoms with Crippen molar-refractivity contribution in [3.63, 3.8) is 0 Å². The van der Waals surface area contributed by atoms with E-state index in [1.165, 1.54) is 12.1 Å². The average molecular weight is 542 g/mol. The van der Waals surface area contributed by atoms with Gasteiger partial charge in [-0.1, -0.05) is 60.7 Å². The van der Waals surface area contributed by atoms with Crippen LogP contribution in [0.25, 0.3) is 0 Å². The lowest BCUT2D eigenvalue weighted by Crippen LogP contribution is -2.31. The van der Waals surface area contributed by atoms with Crippen LogP contribution in [0.4, 0.5) is 0 Å². The van der Waals surface area contributed by atoms with E-state index in [0.29, 0.717) is 42.0 Å². The fourth-order valence-electron chi connectivity index (χ4n) is 3.92. The Morgan fingerprint density at radius 3 is 1.45 bits per heavy atom. The molecule has 7 heteroatoms. The molecule has 0 aliphatic rings. The minimum atomic E-state index is -0.0319. The Labute approximate surface area is 234 Å². The molecule has 0 unspecified atom stereocenters. The van der Waals surface area contributed by atoms with E-state index in [4.69, 9.17) is 20.1 Å². The standard InChI is InChI=1S/C20H25NO4.C13H10O2/c22-14-12-21(13-15-23)11-4-16-25-19-9-7-18(8-10-19)20(24)17-5-2-1-3-6-17;14-12-8-6-11(7-9-12)13(15)10-4-2-1-3-5-10/h1-3,5-10,22-23H,4,11-16H2;1-9,14H. The van der Waals surface area contributed by atoms with Crippen molar-refractivity contribution in [2.45, 2.75) is 6.42 Å². The van der Waals surface area contributed by atoms with E-state index in [-0.39, 0.29) is 30.5 Å². The Balaban J connectivity index is 0.000000249. The average Bonchev–Trinajstić information content (AvgIpc) is 3.01. The van der Waals surface area contributed by atoms with Crippen LogP contribution in [0.3, 0.4) is 0 Å². The molecule has 4 aromatic carbocycles. The number of nitrogens with zero attached hydrogens (tertiary/aromatic N) is 1. The van der Waals surface area contributed by atoms with Crippen LogP contribution < -0.4 is 4.74 Å². The molecule has 4 aromatic rings. The Bertz CT molecular complexity index is 1290. The van der Waals surface area contributed by atoms with Crippen LogP contribution in [0, 0.1) is 0 Å². The highest BCUT2D eigenvalue weighted by molar-refractivity contribution is 6.09. The third kappa shape index (κ3) is 9.78. The second-order valence-corrected chi connectivity index (χ2v) is 8.95. The number of ketones is 2. The van der Waals surface area contributed by atoms with Crippen molar-refractivity contribution in [1.29, 1.82) is 0 Å². The lowest BCUT2D eigenvalue weighted by atomic mass is 10.0. The molecule has 40 heavy (non-hydrogen) atoms. The summed E-state index contributed by atoms with van der Waals surface area (Å²) in [5, 5.41) is 27.0. The molecule has 0 atom stereocenters. The van der Waals surface area contributed by atoms with E-state index in [2.05, 4.69) is 0 Å². The van der Waals surface area contributed by atoms with Crippen molar-refractivity contribution >= 4 is 11.6 Å². The second kappa shape index (κ2) is 16.6. The summed E-state index contributed by atoms with van der Waals surface area (Å²) in [6, 6.07) is 31.7. The van der Waals surface area contributed by atoms with E-state index in [1.54, 1.807) is 60.7 Å². The summed E-state index contributed by atoms with van der Waals surface area (Å²) in [5.74, 6) is 0.853.